The van der Waals surface area contributed by atoms with Crippen molar-refractivity contribution in [1.82, 2.24) is 5.32 Å². The molecule has 0 spiro atoms. The Morgan fingerprint density at radius 1 is 1.00 bits per heavy atom. The van der Waals surface area contributed by atoms with Crippen LogP contribution in [-0.2, 0) is 0 Å². The van der Waals surface area contributed by atoms with Crippen LogP contribution in [0.3, 0.4) is 0 Å². The standard InChI is InChI=1S/C17H16Cl3N/c1-21-16-9-15(20)17(12-5-3-2-4-11(12)16)10-6-7-13(18)14(19)8-10/h2-8,15-17,21H,9H2,1H3/t15?,16-,17-/m0/s1. The zero-order valence-electron chi connectivity index (χ0n) is 11.6. The van der Waals surface area contributed by atoms with Crippen LogP contribution in [0.1, 0.15) is 35.1 Å². The molecule has 1 N–H and O–H groups in total. The van der Waals surface area contributed by atoms with Gasteiger partial charge in [-0.05, 0) is 42.3 Å². The molecule has 3 rings (SSSR count). The molecular formula is C17H16Cl3N. The van der Waals surface area contributed by atoms with Crippen molar-refractivity contribution < 1.29 is 0 Å². The summed E-state index contributed by atoms with van der Waals surface area (Å²) in [6.07, 6.45) is 0.889. The minimum absolute atomic E-state index is 0.0228. The minimum atomic E-state index is 0.0228. The molecule has 0 aliphatic heterocycles. The highest BCUT2D eigenvalue weighted by atomic mass is 35.5. The molecule has 1 unspecified atom stereocenters. The fourth-order valence-corrected chi connectivity index (χ4v) is 3.93. The van der Waals surface area contributed by atoms with Crippen LogP contribution in [0.25, 0.3) is 0 Å². The van der Waals surface area contributed by atoms with Gasteiger partial charge in [-0.2, -0.15) is 0 Å². The van der Waals surface area contributed by atoms with Crippen molar-refractivity contribution in [3.8, 4) is 0 Å². The van der Waals surface area contributed by atoms with Gasteiger partial charge >= 0.3 is 0 Å². The maximum atomic E-state index is 6.69. The maximum absolute atomic E-state index is 6.69. The molecule has 0 aromatic heterocycles. The van der Waals surface area contributed by atoms with E-state index in [1.165, 1.54) is 11.1 Å². The van der Waals surface area contributed by atoms with E-state index in [0.29, 0.717) is 16.1 Å². The van der Waals surface area contributed by atoms with Gasteiger partial charge in [-0.15, -0.1) is 11.6 Å². The topological polar surface area (TPSA) is 12.0 Å². The minimum Gasteiger partial charge on any atom is -0.313 e. The molecule has 2 aromatic carbocycles. The Balaban J connectivity index is 2.11. The molecular weight excluding hydrogens is 325 g/mol. The quantitative estimate of drug-likeness (QED) is 0.722. The van der Waals surface area contributed by atoms with E-state index in [-0.39, 0.29) is 11.3 Å². The second-order valence-corrected chi connectivity index (χ2v) is 6.75. The molecule has 1 aliphatic rings. The number of hydrogen-bond donors (Lipinski definition) is 1. The lowest BCUT2D eigenvalue weighted by atomic mass is 9.76. The highest BCUT2D eigenvalue weighted by molar-refractivity contribution is 6.42. The van der Waals surface area contributed by atoms with Crippen molar-refractivity contribution in [2.45, 2.75) is 23.8 Å². The van der Waals surface area contributed by atoms with Gasteiger partial charge in [0.25, 0.3) is 0 Å². The van der Waals surface area contributed by atoms with Crippen molar-refractivity contribution >= 4 is 34.8 Å². The van der Waals surface area contributed by atoms with E-state index in [9.17, 15) is 0 Å². The molecule has 0 saturated heterocycles. The molecule has 0 fully saturated rings. The van der Waals surface area contributed by atoms with Gasteiger partial charge in [-0.1, -0.05) is 53.5 Å². The second-order valence-electron chi connectivity index (χ2n) is 5.37. The zero-order chi connectivity index (χ0) is 15.0. The number of alkyl halides is 1. The molecule has 21 heavy (non-hydrogen) atoms. The van der Waals surface area contributed by atoms with Crippen molar-refractivity contribution in [1.29, 1.82) is 0 Å². The van der Waals surface area contributed by atoms with Gasteiger partial charge in [-0.25, -0.2) is 0 Å². The Bertz CT molecular complexity index is 656. The summed E-state index contributed by atoms with van der Waals surface area (Å²) < 4.78 is 0. The third kappa shape index (κ3) is 2.80. The van der Waals surface area contributed by atoms with Crippen LogP contribution in [-0.4, -0.2) is 12.4 Å². The summed E-state index contributed by atoms with van der Waals surface area (Å²) in [7, 11) is 1.98. The molecule has 0 radical (unpaired) electrons. The number of halogens is 3. The first-order valence-corrected chi connectivity index (χ1v) is 8.16. The van der Waals surface area contributed by atoms with E-state index in [0.717, 1.165) is 12.0 Å². The molecule has 2 aromatic rings. The fraction of sp³-hybridized carbons (Fsp3) is 0.294. The molecule has 0 saturated carbocycles. The van der Waals surface area contributed by atoms with Crippen molar-refractivity contribution in [2.75, 3.05) is 7.05 Å². The van der Waals surface area contributed by atoms with E-state index >= 15 is 0 Å². The second kappa shape index (κ2) is 6.18. The average Bonchev–Trinajstić information content (AvgIpc) is 2.49. The first-order valence-electron chi connectivity index (χ1n) is 6.97. The molecule has 0 amide bonds. The number of benzene rings is 2. The lowest BCUT2D eigenvalue weighted by molar-refractivity contribution is 0.476. The lowest BCUT2D eigenvalue weighted by Gasteiger charge is -2.35. The summed E-state index contributed by atoms with van der Waals surface area (Å²) in [6.45, 7) is 0. The van der Waals surface area contributed by atoms with Crippen molar-refractivity contribution in [3.63, 3.8) is 0 Å². The van der Waals surface area contributed by atoms with Crippen LogP contribution in [0.5, 0.6) is 0 Å². The van der Waals surface area contributed by atoms with Crippen LogP contribution >= 0.6 is 34.8 Å². The Hall–Kier alpha value is -0.730. The van der Waals surface area contributed by atoms with E-state index in [1.807, 2.05) is 25.2 Å². The fourth-order valence-electron chi connectivity index (χ4n) is 3.16. The molecule has 1 aliphatic carbocycles. The summed E-state index contributed by atoms with van der Waals surface area (Å²) in [5.74, 6) is 0.141. The van der Waals surface area contributed by atoms with Crippen LogP contribution in [0.2, 0.25) is 10.0 Å². The van der Waals surface area contributed by atoms with Gasteiger partial charge in [0, 0.05) is 17.3 Å². The predicted octanol–water partition coefficient (Wildman–Crippen LogP) is 5.40. The van der Waals surface area contributed by atoms with Gasteiger partial charge in [0.2, 0.25) is 0 Å². The number of nitrogens with one attached hydrogen (secondary N) is 1. The van der Waals surface area contributed by atoms with Gasteiger partial charge in [0.1, 0.15) is 0 Å². The normalized spacial score (nSPS) is 24.7. The number of hydrogen-bond acceptors (Lipinski definition) is 1. The van der Waals surface area contributed by atoms with Crippen molar-refractivity contribution in [3.05, 3.63) is 69.2 Å². The van der Waals surface area contributed by atoms with Crippen LogP contribution in [0, 0.1) is 0 Å². The third-order valence-electron chi connectivity index (χ3n) is 4.18. The zero-order valence-corrected chi connectivity index (χ0v) is 13.9. The lowest BCUT2D eigenvalue weighted by Crippen LogP contribution is -2.31. The maximum Gasteiger partial charge on any atom is 0.0595 e. The Morgan fingerprint density at radius 3 is 2.38 bits per heavy atom. The Labute approximate surface area is 140 Å². The van der Waals surface area contributed by atoms with Crippen LogP contribution < -0.4 is 5.32 Å². The van der Waals surface area contributed by atoms with Gasteiger partial charge in [0.05, 0.1) is 10.0 Å². The summed E-state index contributed by atoms with van der Waals surface area (Å²) in [5, 5.41) is 4.52. The van der Waals surface area contributed by atoms with Crippen LogP contribution in [0.15, 0.2) is 42.5 Å². The van der Waals surface area contributed by atoms with E-state index in [2.05, 4.69) is 29.6 Å². The smallest absolute Gasteiger partial charge is 0.0595 e. The number of fused-ring (bicyclic) bond motifs is 1. The molecule has 1 nitrogen and oxygen atoms in total. The van der Waals surface area contributed by atoms with E-state index < -0.39 is 0 Å². The monoisotopic (exact) mass is 339 g/mol. The molecule has 3 atom stereocenters. The molecule has 0 bridgehead atoms. The molecule has 4 heteroatoms. The predicted molar refractivity (Wildman–Crippen MR) is 90.8 cm³/mol. The first-order chi connectivity index (χ1) is 10.1. The first kappa shape index (κ1) is 15.2. The third-order valence-corrected chi connectivity index (χ3v) is 5.35. The highest BCUT2D eigenvalue weighted by Gasteiger charge is 2.34. The Kier molecular flexibility index (Phi) is 4.46. The largest absolute Gasteiger partial charge is 0.313 e. The SMILES string of the molecule is CN[C@H]1CC(Cl)[C@@H](c2ccc(Cl)c(Cl)c2)c2ccccc21. The summed E-state index contributed by atoms with van der Waals surface area (Å²) >= 11 is 18.9. The Morgan fingerprint density at radius 2 is 1.71 bits per heavy atom. The molecule has 0 heterocycles. The van der Waals surface area contributed by atoms with Gasteiger partial charge in [-0.3, -0.25) is 0 Å². The van der Waals surface area contributed by atoms with Gasteiger partial charge < -0.3 is 5.32 Å². The molecule has 110 valence electrons. The summed E-state index contributed by atoms with van der Waals surface area (Å²) in [5.41, 5.74) is 3.70. The van der Waals surface area contributed by atoms with E-state index in [4.69, 9.17) is 34.8 Å². The number of rotatable bonds is 2. The average molecular weight is 341 g/mol. The van der Waals surface area contributed by atoms with E-state index in [1.54, 1.807) is 0 Å². The summed E-state index contributed by atoms with van der Waals surface area (Å²) in [4.78, 5) is 0. The van der Waals surface area contributed by atoms with Crippen LogP contribution in [0.4, 0.5) is 0 Å². The van der Waals surface area contributed by atoms with Crippen molar-refractivity contribution in [2.24, 2.45) is 0 Å². The summed E-state index contributed by atoms with van der Waals surface area (Å²) in [6, 6.07) is 14.5. The highest BCUT2D eigenvalue weighted by Crippen LogP contribution is 2.44. The van der Waals surface area contributed by atoms with Gasteiger partial charge in [0.15, 0.2) is 0 Å².